The van der Waals surface area contributed by atoms with E-state index in [0.29, 0.717) is 16.7 Å². The molecule has 15 heavy (non-hydrogen) atoms. The standard InChI is InChI=1S/C9H7BrClN3O/c10-7-3-5(11)1-2-6(7)9-13-8(4-12)15-14-9/h1-3H,4,12H2. The smallest absolute Gasteiger partial charge is 0.240 e. The Morgan fingerprint density at radius 1 is 1.47 bits per heavy atom. The molecule has 0 bridgehead atoms. The molecule has 0 saturated heterocycles. The van der Waals surface area contributed by atoms with Crippen LogP contribution >= 0.6 is 27.5 Å². The lowest BCUT2D eigenvalue weighted by Crippen LogP contribution is -1.95. The summed E-state index contributed by atoms with van der Waals surface area (Å²) >= 11 is 9.20. The van der Waals surface area contributed by atoms with Gasteiger partial charge in [-0.3, -0.25) is 0 Å². The Kier molecular flexibility index (Phi) is 3.04. The van der Waals surface area contributed by atoms with E-state index in [-0.39, 0.29) is 6.54 Å². The quantitative estimate of drug-likeness (QED) is 0.922. The largest absolute Gasteiger partial charge is 0.338 e. The van der Waals surface area contributed by atoms with E-state index in [2.05, 4.69) is 26.1 Å². The van der Waals surface area contributed by atoms with Crippen molar-refractivity contribution >= 4 is 27.5 Å². The summed E-state index contributed by atoms with van der Waals surface area (Å²) in [6.07, 6.45) is 0. The second-order valence-electron chi connectivity index (χ2n) is 2.84. The zero-order valence-corrected chi connectivity index (χ0v) is 9.92. The summed E-state index contributed by atoms with van der Waals surface area (Å²) in [4.78, 5) is 4.11. The molecule has 1 aromatic heterocycles. The van der Waals surface area contributed by atoms with Crippen molar-refractivity contribution in [3.05, 3.63) is 33.6 Å². The zero-order valence-electron chi connectivity index (χ0n) is 7.58. The van der Waals surface area contributed by atoms with Gasteiger partial charge >= 0.3 is 0 Å². The molecule has 6 heteroatoms. The van der Waals surface area contributed by atoms with E-state index in [1.54, 1.807) is 12.1 Å². The van der Waals surface area contributed by atoms with E-state index in [9.17, 15) is 0 Å². The van der Waals surface area contributed by atoms with Gasteiger partial charge in [0.1, 0.15) is 0 Å². The molecule has 2 N–H and O–H groups in total. The van der Waals surface area contributed by atoms with Gasteiger partial charge in [-0.2, -0.15) is 4.98 Å². The maximum atomic E-state index is 5.82. The van der Waals surface area contributed by atoms with Gasteiger partial charge in [-0.1, -0.05) is 16.8 Å². The van der Waals surface area contributed by atoms with E-state index in [1.165, 1.54) is 0 Å². The van der Waals surface area contributed by atoms with E-state index < -0.39 is 0 Å². The van der Waals surface area contributed by atoms with Crippen LogP contribution in [0.2, 0.25) is 5.02 Å². The molecule has 0 atom stereocenters. The topological polar surface area (TPSA) is 64.9 Å². The van der Waals surface area contributed by atoms with Crippen LogP contribution in [0.4, 0.5) is 0 Å². The Labute approximate surface area is 99.5 Å². The maximum Gasteiger partial charge on any atom is 0.240 e. The fourth-order valence-corrected chi connectivity index (χ4v) is 1.98. The molecule has 4 nitrogen and oxygen atoms in total. The lowest BCUT2D eigenvalue weighted by Gasteiger charge is -1.98. The van der Waals surface area contributed by atoms with Crippen LogP contribution in [0.25, 0.3) is 11.4 Å². The molecule has 0 unspecified atom stereocenters. The Balaban J connectivity index is 2.44. The molecule has 0 fully saturated rings. The monoisotopic (exact) mass is 287 g/mol. The van der Waals surface area contributed by atoms with Gasteiger partial charge in [0, 0.05) is 15.1 Å². The highest BCUT2D eigenvalue weighted by Gasteiger charge is 2.10. The molecule has 0 aliphatic rings. The van der Waals surface area contributed by atoms with E-state index >= 15 is 0 Å². The molecule has 78 valence electrons. The Morgan fingerprint density at radius 3 is 2.87 bits per heavy atom. The molecule has 1 heterocycles. The molecule has 0 aliphatic carbocycles. The molecule has 0 aliphatic heterocycles. The van der Waals surface area contributed by atoms with Crippen molar-refractivity contribution in [1.82, 2.24) is 10.1 Å². The van der Waals surface area contributed by atoms with Crippen molar-refractivity contribution in [2.75, 3.05) is 0 Å². The van der Waals surface area contributed by atoms with Gasteiger partial charge in [0.2, 0.25) is 11.7 Å². The molecular weight excluding hydrogens is 281 g/mol. The average molecular weight is 289 g/mol. The Bertz CT molecular complexity index is 486. The molecular formula is C9H7BrClN3O. The minimum atomic E-state index is 0.234. The molecule has 0 spiro atoms. The van der Waals surface area contributed by atoms with Gasteiger partial charge < -0.3 is 10.3 Å². The highest BCUT2D eigenvalue weighted by molar-refractivity contribution is 9.10. The van der Waals surface area contributed by atoms with Gasteiger partial charge in [-0.15, -0.1) is 0 Å². The van der Waals surface area contributed by atoms with Crippen molar-refractivity contribution in [2.24, 2.45) is 5.73 Å². The summed E-state index contributed by atoms with van der Waals surface area (Å²) in [7, 11) is 0. The number of benzene rings is 1. The summed E-state index contributed by atoms with van der Waals surface area (Å²) in [6.45, 7) is 0.234. The maximum absolute atomic E-state index is 5.82. The number of hydrogen-bond acceptors (Lipinski definition) is 4. The van der Waals surface area contributed by atoms with E-state index in [1.807, 2.05) is 6.07 Å². The summed E-state index contributed by atoms with van der Waals surface area (Å²) < 4.78 is 5.73. The third-order valence-electron chi connectivity index (χ3n) is 1.81. The number of nitrogens with zero attached hydrogens (tertiary/aromatic N) is 2. The molecule has 0 saturated carbocycles. The molecule has 0 radical (unpaired) electrons. The lowest BCUT2D eigenvalue weighted by molar-refractivity contribution is 0.380. The minimum Gasteiger partial charge on any atom is -0.338 e. The first kappa shape index (κ1) is 10.6. The number of hydrogen-bond donors (Lipinski definition) is 1. The lowest BCUT2D eigenvalue weighted by atomic mass is 10.2. The Hall–Kier alpha value is -0.910. The highest BCUT2D eigenvalue weighted by Crippen LogP contribution is 2.28. The van der Waals surface area contributed by atoms with Gasteiger partial charge in [-0.05, 0) is 34.1 Å². The zero-order chi connectivity index (χ0) is 10.8. The van der Waals surface area contributed by atoms with Crippen LogP contribution in [0.5, 0.6) is 0 Å². The third-order valence-corrected chi connectivity index (χ3v) is 2.71. The second kappa shape index (κ2) is 4.30. The fourth-order valence-electron chi connectivity index (χ4n) is 1.12. The first-order chi connectivity index (χ1) is 7.20. The SMILES string of the molecule is NCc1nc(-c2ccc(Cl)cc2Br)no1. The number of aromatic nitrogens is 2. The summed E-state index contributed by atoms with van der Waals surface area (Å²) in [5, 5.41) is 4.46. The summed E-state index contributed by atoms with van der Waals surface area (Å²) in [5.74, 6) is 0.908. The first-order valence-electron chi connectivity index (χ1n) is 4.19. The predicted molar refractivity (Wildman–Crippen MR) is 60.3 cm³/mol. The minimum absolute atomic E-state index is 0.234. The van der Waals surface area contributed by atoms with Crippen LogP contribution < -0.4 is 5.73 Å². The summed E-state index contributed by atoms with van der Waals surface area (Å²) in [6, 6.07) is 5.35. The fraction of sp³-hybridized carbons (Fsp3) is 0.111. The van der Waals surface area contributed by atoms with Crippen molar-refractivity contribution in [2.45, 2.75) is 6.54 Å². The molecule has 1 aromatic carbocycles. The van der Waals surface area contributed by atoms with Crippen LogP contribution in [0.3, 0.4) is 0 Å². The van der Waals surface area contributed by atoms with Crippen molar-refractivity contribution < 1.29 is 4.52 Å². The second-order valence-corrected chi connectivity index (χ2v) is 4.13. The first-order valence-corrected chi connectivity index (χ1v) is 5.36. The third kappa shape index (κ3) is 2.19. The highest BCUT2D eigenvalue weighted by atomic mass is 79.9. The van der Waals surface area contributed by atoms with Crippen LogP contribution in [0.1, 0.15) is 5.89 Å². The van der Waals surface area contributed by atoms with E-state index in [0.717, 1.165) is 10.0 Å². The normalized spacial score (nSPS) is 10.6. The molecule has 0 amide bonds. The molecule has 2 rings (SSSR count). The van der Waals surface area contributed by atoms with Crippen molar-refractivity contribution in [1.29, 1.82) is 0 Å². The summed E-state index contributed by atoms with van der Waals surface area (Å²) in [5.41, 5.74) is 6.20. The van der Waals surface area contributed by atoms with Gasteiger partial charge in [-0.25, -0.2) is 0 Å². The van der Waals surface area contributed by atoms with Crippen molar-refractivity contribution in [3.63, 3.8) is 0 Å². The van der Waals surface area contributed by atoms with E-state index in [4.69, 9.17) is 21.9 Å². The Morgan fingerprint density at radius 2 is 2.27 bits per heavy atom. The average Bonchev–Trinajstić information content (AvgIpc) is 2.66. The van der Waals surface area contributed by atoms with Gasteiger partial charge in [0.25, 0.3) is 0 Å². The number of halogens is 2. The van der Waals surface area contributed by atoms with Gasteiger partial charge in [0.15, 0.2) is 0 Å². The van der Waals surface area contributed by atoms with Crippen LogP contribution in [0.15, 0.2) is 27.2 Å². The molecule has 2 aromatic rings. The number of rotatable bonds is 2. The van der Waals surface area contributed by atoms with Crippen LogP contribution in [-0.4, -0.2) is 10.1 Å². The number of nitrogens with two attached hydrogens (primary N) is 1. The van der Waals surface area contributed by atoms with Gasteiger partial charge in [0.05, 0.1) is 6.54 Å². The van der Waals surface area contributed by atoms with Crippen molar-refractivity contribution in [3.8, 4) is 11.4 Å². The van der Waals surface area contributed by atoms with Crippen LogP contribution in [-0.2, 0) is 6.54 Å². The van der Waals surface area contributed by atoms with Crippen LogP contribution in [0, 0.1) is 0 Å². The predicted octanol–water partition coefficient (Wildman–Crippen LogP) is 2.61.